The lowest BCUT2D eigenvalue weighted by Gasteiger charge is -2.02. The third-order valence-electron chi connectivity index (χ3n) is 4.45. The molecule has 0 saturated carbocycles. The quantitative estimate of drug-likeness (QED) is 0.131. The molecule has 0 amide bonds. The van der Waals surface area contributed by atoms with Crippen molar-refractivity contribution in [1.29, 1.82) is 0 Å². The molecular weight excluding hydrogens is 328 g/mol. The molecule has 0 aliphatic heterocycles. The molecule has 0 fully saturated rings. The van der Waals surface area contributed by atoms with Crippen molar-refractivity contribution in [3.05, 3.63) is 12.2 Å². The molecule has 0 atom stereocenters. The molecule has 2 nitrogen and oxygen atoms in total. The van der Waals surface area contributed by atoms with Gasteiger partial charge in [0, 0.05) is 11.8 Å². The first-order valence-electron chi connectivity index (χ1n) is 10.8. The van der Waals surface area contributed by atoms with Crippen LogP contribution in [0.2, 0.25) is 0 Å². The van der Waals surface area contributed by atoms with Gasteiger partial charge in [-0.1, -0.05) is 103 Å². The summed E-state index contributed by atoms with van der Waals surface area (Å²) in [7, 11) is 0. The summed E-state index contributed by atoms with van der Waals surface area (Å²) in [5.41, 5.74) is 0. The van der Waals surface area contributed by atoms with Crippen LogP contribution in [0, 0.1) is 0 Å². The fourth-order valence-electron chi connectivity index (χ4n) is 2.82. The average Bonchev–Trinajstić information content (AvgIpc) is 2.62. The van der Waals surface area contributed by atoms with Gasteiger partial charge in [-0.2, -0.15) is 0 Å². The highest BCUT2D eigenvalue weighted by atomic mass is 32.2. The van der Waals surface area contributed by atoms with E-state index in [1.165, 1.54) is 102 Å². The molecule has 3 heteroatoms. The van der Waals surface area contributed by atoms with E-state index in [9.17, 15) is 4.79 Å². The van der Waals surface area contributed by atoms with Crippen molar-refractivity contribution in [2.75, 3.05) is 5.75 Å². The molecule has 0 bridgehead atoms. The minimum atomic E-state index is -0.203. The number of hydrogen-bond acceptors (Lipinski definition) is 3. The molecule has 0 aliphatic rings. The van der Waals surface area contributed by atoms with E-state index >= 15 is 0 Å². The highest BCUT2D eigenvalue weighted by Gasteiger charge is 1.98. The summed E-state index contributed by atoms with van der Waals surface area (Å²) < 4.78 is 5.16. The second-order valence-electron chi connectivity index (χ2n) is 7.01. The van der Waals surface area contributed by atoms with Crippen molar-refractivity contribution in [1.82, 2.24) is 0 Å². The summed E-state index contributed by atoms with van der Waals surface area (Å²) in [5, 5.41) is 0. The molecule has 0 unspecified atom stereocenters. The first kappa shape index (κ1) is 24.6. The van der Waals surface area contributed by atoms with Gasteiger partial charge in [0.15, 0.2) is 0 Å². The zero-order valence-electron chi connectivity index (χ0n) is 16.9. The van der Waals surface area contributed by atoms with E-state index < -0.39 is 0 Å². The van der Waals surface area contributed by atoms with E-state index in [0.717, 1.165) is 18.6 Å². The molecule has 0 aromatic rings. The van der Waals surface area contributed by atoms with E-state index in [1.807, 2.05) is 6.08 Å². The molecule has 0 heterocycles. The van der Waals surface area contributed by atoms with Crippen molar-refractivity contribution in [2.45, 2.75) is 117 Å². The molecule has 0 aromatic heterocycles. The molecule has 0 rings (SSSR count). The Labute approximate surface area is 161 Å². The summed E-state index contributed by atoms with van der Waals surface area (Å²) in [5.74, 6) is 0.721. The minimum absolute atomic E-state index is 0.203. The minimum Gasteiger partial charge on any atom is -0.388 e. The van der Waals surface area contributed by atoms with Crippen LogP contribution in [0.3, 0.4) is 0 Å². The van der Waals surface area contributed by atoms with Crippen LogP contribution in [0.5, 0.6) is 0 Å². The van der Waals surface area contributed by atoms with Crippen LogP contribution in [-0.2, 0) is 8.98 Å². The molecule has 0 spiro atoms. The van der Waals surface area contributed by atoms with Crippen molar-refractivity contribution in [3.63, 3.8) is 0 Å². The lowest BCUT2D eigenvalue weighted by molar-refractivity contribution is -0.127. The van der Waals surface area contributed by atoms with Crippen molar-refractivity contribution >= 4 is 18.0 Å². The standard InChI is InChI=1S/C22H42O2S/c1-3-5-7-9-11-12-13-15-17-19-21-25-24-22(23)20-18-16-14-10-8-6-4-2/h18,20H,3-17,19,21H2,1-2H3. The van der Waals surface area contributed by atoms with Crippen LogP contribution < -0.4 is 0 Å². The number of allylic oxidation sites excluding steroid dienone is 1. The van der Waals surface area contributed by atoms with E-state index in [1.54, 1.807) is 6.08 Å². The Morgan fingerprint density at radius 1 is 0.720 bits per heavy atom. The lowest BCUT2D eigenvalue weighted by atomic mass is 10.1. The number of carbonyl (C=O) groups is 1. The van der Waals surface area contributed by atoms with Gasteiger partial charge in [-0.05, 0) is 19.3 Å². The van der Waals surface area contributed by atoms with Crippen molar-refractivity contribution in [2.24, 2.45) is 0 Å². The van der Waals surface area contributed by atoms with Crippen molar-refractivity contribution in [3.8, 4) is 0 Å². The predicted octanol–water partition coefficient (Wildman–Crippen LogP) is 8.02. The highest BCUT2D eigenvalue weighted by Crippen LogP contribution is 2.13. The second-order valence-corrected chi connectivity index (χ2v) is 7.82. The number of unbranched alkanes of at least 4 members (excludes halogenated alkanes) is 14. The van der Waals surface area contributed by atoms with Gasteiger partial charge in [0.1, 0.15) is 0 Å². The van der Waals surface area contributed by atoms with Crippen LogP contribution in [0.4, 0.5) is 0 Å². The SMILES string of the molecule is CCCCCCCC=CC(=O)OSCCCCCCCCCCCC. The van der Waals surface area contributed by atoms with Gasteiger partial charge in [0.2, 0.25) is 0 Å². The monoisotopic (exact) mass is 370 g/mol. The zero-order chi connectivity index (χ0) is 18.4. The molecule has 0 N–H and O–H groups in total. The Balaban J connectivity index is 3.21. The average molecular weight is 371 g/mol. The molecule has 0 saturated heterocycles. The Bertz CT molecular complexity index is 302. The number of carbonyl (C=O) groups excluding carboxylic acids is 1. The third-order valence-corrected chi connectivity index (χ3v) is 5.19. The van der Waals surface area contributed by atoms with Gasteiger partial charge >= 0.3 is 5.97 Å². The van der Waals surface area contributed by atoms with Crippen LogP contribution >= 0.6 is 12.0 Å². The molecular formula is C22H42O2S. The maximum absolute atomic E-state index is 11.5. The third kappa shape index (κ3) is 21.5. The van der Waals surface area contributed by atoms with Gasteiger partial charge in [0.05, 0.1) is 12.0 Å². The van der Waals surface area contributed by atoms with Gasteiger partial charge in [-0.25, -0.2) is 4.79 Å². The van der Waals surface area contributed by atoms with Crippen LogP contribution in [0.15, 0.2) is 12.2 Å². The first-order chi connectivity index (χ1) is 12.3. The fourth-order valence-corrected chi connectivity index (χ4v) is 3.40. The maximum Gasteiger partial charge on any atom is 0.342 e. The lowest BCUT2D eigenvalue weighted by Crippen LogP contribution is -1.94. The van der Waals surface area contributed by atoms with Gasteiger partial charge in [-0.3, -0.25) is 0 Å². The Kier molecular flexibility index (Phi) is 21.2. The molecule has 0 aliphatic carbocycles. The molecule has 0 radical (unpaired) electrons. The first-order valence-corrected chi connectivity index (χ1v) is 11.7. The highest BCUT2D eigenvalue weighted by molar-refractivity contribution is 7.95. The maximum atomic E-state index is 11.5. The summed E-state index contributed by atoms with van der Waals surface area (Å²) in [6.45, 7) is 4.49. The van der Waals surface area contributed by atoms with E-state index in [2.05, 4.69) is 13.8 Å². The molecule has 0 aromatic carbocycles. The normalized spacial score (nSPS) is 11.3. The summed E-state index contributed by atoms with van der Waals surface area (Å²) in [6.07, 6.45) is 24.3. The van der Waals surface area contributed by atoms with Gasteiger partial charge in [-0.15, -0.1) is 0 Å². The van der Waals surface area contributed by atoms with Gasteiger partial charge < -0.3 is 4.18 Å². The zero-order valence-corrected chi connectivity index (χ0v) is 17.7. The number of rotatable bonds is 19. The molecule has 25 heavy (non-hydrogen) atoms. The summed E-state index contributed by atoms with van der Waals surface area (Å²) in [6, 6.07) is 0. The van der Waals surface area contributed by atoms with Gasteiger partial charge in [0.25, 0.3) is 0 Å². The van der Waals surface area contributed by atoms with Crippen LogP contribution in [-0.4, -0.2) is 11.7 Å². The Morgan fingerprint density at radius 3 is 1.76 bits per heavy atom. The van der Waals surface area contributed by atoms with E-state index in [0.29, 0.717) is 0 Å². The Hall–Kier alpha value is -0.440. The number of hydrogen-bond donors (Lipinski definition) is 0. The van der Waals surface area contributed by atoms with Crippen molar-refractivity contribution < 1.29 is 8.98 Å². The summed E-state index contributed by atoms with van der Waals surface area (Å²) in [4.78, 5) is 11.5. The Morgan fingerprint density at radius 2 is 1.20 bits per heavy atom. The predicted molar refractivity (Wildman–Crippen MR) is 113 cm³/mol. The van der Waals surface area contributed by atoms with E-state index in [-0.39, 0.29) is 5.97 Å². The topological polar surface area (TPSA) is 26.3 Å². The smallest absolute Gasteiger partial charge is 0.342 e. The van der Waals surface area contributed by atoms with E-state index in [4.69, 9.17) is 4.18 Å². The fraction of sp³-hybridized carbons (Fsp3) is 0.864. The largest absolute Gasteiger partial charge is 0.388 e. The van der Waals surface area contributed by atoms with Crippen LogP contribution in [0.1, 0.15) is 117 Å². The second kappa shape index (κ2) is 21.6. The molecule has 148 valence electrons. The van der Waals surface area contributed by atoms with Crippen LogP contribution in [0.25, 0.3) is 0 Å². The summed E-state index contributed by atoms with van der Waals surface area (Å²) >= 11 is 1.31.